The van der Waals surface area contributed by atoms with E-state index in [-0.39, 0.29) is 5.69 Å². The summed E-state index contributed by atoms with van der Waals surface area (Å²) >= 11 is 0. The topological polar surface area (TPSA) is 68.0 Å². The molecular weight excluding hydrogens is 290 g/mol. The number of hydrogen-bond acceptors (Lipinski definition) is 3. The average molecular weight is 313 g/mol. The first kappa shape index (κ1) is 18.4. The van der Waals surface area contributed by atoms with E-state index in [0.29, 0.717) is 5.69 Å². The van der Waals surface area contributed by atoms with Crippen LogP contribution in [0.5, 0.6) is 0 Å². The summed E-state index contributed by atoms with van der Waals surface area (Å²) in [7, 11) is 0. The third-order valence-electron chi connectivity index (χ3n) is 2.90. The highest BCUT2D eigenvalue weighted by Crippen LogP contribution is 2.22. The van der Waals surface area contributed by atoms with E-state index in [1.165, 1.54) is 4.68 Å². The SMILES string of the molecule is CC.CC.Cc1cc(C(=O)O)n(-c2cccc3ncccc23)n1. The van der Waals surface area contributed by atoms with E-state index in [1.807, 2.05) is 58.0 Å². The Labute approximate surface area is 136 Å². The van der Waals surface area contributed by atoms with Crippen molar-refractivity contribution < 1.29 is 9.90 Å². The Morgan fingerprint density at radius 1 is 1.09 bits per heavy atom. The van der Waals surface area contributed by atoms with Gasteiger partial charge in [-0.2, -0.15) is 5.10 Å². The molecule has 0 atom stereocenters. The van der Waals surface area contributed by atoms with E-state index in [4.69, 9.17) is 0 Å². The van der Waals surface area contributed by atoms with Crippen LogP contribution in [0.2, 0.25) is 0 Å². The van der Waals surface area contributed by atoms with Crippen LogP contribution in [0.1, 0.15) is 43.9 Å². The van der Waals surface area contributed by atoms with Gasteiger partial charge in [-0.1, -0.05) is 33.8 Å². The maximum absolute atomic E-state index is 11.3. The van der Waals surface area contributed by atoms with E-state index in [0.717, 1.165) is 16.6 Å². The molecule has 122 valence electrons. The Hall–Kier alpha value is -2.69. The van der Waals surface area contributed by atoms with Gasteiger partial charge in [-0.05, 0) is 37.3 Å². The van der Waals surface area contributed by atoms with Gasteiger partial charge in [0.25, 0.3) is 0 Å². The molecule has 0 bridgehead atoms. The van der Waals surface area contributed by atoms with E-state index in [1.54, 1.807) is 19.2 Å². The van der Waals surface area contributed by atoms with E-state index >= 15 is 0 Å². The lowest BCUT2D eigenvalue weighted by Crippen LogP contribution is -2.08. The number of nitrogens with zero attached hydrogens (tertiary/aromatic N) is 3. The zero-order valence-electron chi connectivity index (χ0n) is 14.2. The van der Waals surface area contributed by atoms with Crippen LogP contribution in [0.3, 0.4) is 0 Å². The number of fused-ring (bicyclic) bond motifs is 1. The minimum absolute atomic E-state index is 0.147. The summed E-state index contributed by atoms with van der Waals surface area (Å²) in [6.07, 6.45) is 1.71. The molecule has 0 unspecified atom stereocenters. The number of benzene rings is 1. The summed E-state index contributed by atoms with van der Waals surface area (Å²) < 4.78 is 1.45. The lowest BCUT2D eigenvalue weighted by atomic mass is 10.2. The van der Waals surface area contributed by atoms with Crippen LogP contribution in [-0.2, 0) is 0 Å². The van der Waals surface area contributed by atoms with Gasteiger partial charge in [-0.3, -0.25) is 4.98 Å². The lowest BCUT2D eigenvalue weighted by Gasteiger charge is -2.07. The van der Waals surface area contributed by atoms with Crippen LogP contribution in [0, 0.1) is 6.92 Å². The summed E-state index contributed by atoms with van der Waals surface area (Å²) in [6.45, 7) is 9.77. The fraction of sp³-hybridized carbons (Fsp3) is 0.278. The summed E-state index contributed by atoms with van der Waals surface area (Å²) in [5, 5.41) is 14.4. The molecule has 0 fully saturated rings. The molecule has 23 heavy (non-hydrogen) atoms. The number of carbonyl (C=O) groups is 1. The predicted molar refractivity (Wildman–Crippen MR) is 93.3 cm³/mol. The molecule has 5 nitrogen and oxygen atoms in total. The van der Waals surface area contributed by atoms with E-state index < -0.39 is 5.97 Å². The average Bonchev–Trinajstić information content (AvgIpc) is 3.00. The predicted octanol–water partition coefficient (Wildman–Crippen LogP) is 4.48. The molecule has 3 aromatic rings. The van der Waals surface area contributed by atoms with E-state index in [2.05, 4.69) is 10.1 Å². The normalized spacial score (nSPS) is 9.43. The van der Waals surface area contributed by atoms with Gasteiger partial charge < -0.3 is 5.11 Å². The first-order valence-electron chi connectivity index (χ1n) is 7.81. The van der Waals surface area contributed by atoms with Gasteiger partial charge in [-0.15, -0.1) is 0 Å². The summed E-state index contributed by atoms with van der Waals surface area (Å²) in [4.78, 5) is 15.5. The number of aryl methyl sites for hydroxylation is 1. The zero-order valence-corrected chi connectivity index (χ0v) is 14.2. The van der Waals surface area contributed by atoms with Crippen molar-refractivity contribution in [3.05, 3.63) is 54.0 Å². The molecular formula is C18H23N3O2. The van der Waals surface area contributed by atoms with Crippen LogP contribution in [-0.4, -0.2) is 25.8 Å². The highest BCUT2D eigenvalue weighted by atomic mass is 16.4. The highest BCUT2D eigenvalue weighted by molar-refractivity contribution is 5.91. The second kappa shape index (κ2) is 8.68. The molecule has 3 rings (SSSR count). The van der Waals surface area contributed by atoms with Crippen molar-refractivity contribution in [2.45, 2.75) is 34.6 Å². The maximum Gasteiger partial charge on any atom is 0.354 e. The molecule has 1 aromatic carbocycles. The van der Waals surface area contributed by atoms with Crippen molar-refractivity contribution in [1.82, 2.24) is 14.8 Å². The maximum atomic E-state index is 11.3. The van der Waals surface area contributed by atoms with Crippen molar-refractivity contribution in [3.63, 3.8) is 0 Å². The Morgan fingerprint density at radius 3 is 2.43 bits per heavy atom. The van der Waals surface area contributed by atoms with Crippen molar-refractivity contribution in [1.29, 1.82) is 0 Å². The molecule has 0 spiro atoms. The van der Waals surface area contributed by atoms with Crippen molar-refractivity contribution in [2.75, 3.05) is 0 Å². The fourth-order valence-electron chi connectivity index (χ4n) is 2.11. The van der Waals surface area contributed by atoms with Crippen molar-refractivity contribution in [3.8, 4) is 5.69 Å². The van der Waals surface area contributed by atoms with Crippen molar-refractivity contribution in [2.24, 2.45) is 0 Å². The largest absolute Gasteiger partial charge is 0.477 e. The number of carboxylic acids is 1. The first-order valence-corrected chi connectivity index (χ1v) is 7.81. The third kappa shape index (κ3) is 3.94. The minimum atomic E-state index is -0.999. The Kier molecular flexibility index (Phi) is 6.93. The number of rotatable bonds is 2. The number of aromatic nitrogens is 3. The number of pyridine rings is 1. The molecule has 0 aliphatic heterocycles. The Morgan fingerprint density at radius 2 is 1.78 bits per heavy atom. The smallest absolute Gasteiger partial charge is 0.354 e. The van der Waals surface area contributed by atoms with Crippen LogP contribution < -0.4 is 0 Å². The first-order chi connectivity index (χ1) is 11.2. The summed E-state index contributed by atoms with van der Waals surface area (Å²) in [5.41, 5.74) is 2.34. The second-order valence-electron chi connectivity index (χ2n) is 4.24. The minimum Gasteiger partial charge on any atom is -0.477 e. The van der Waals surface area contributed by atoms with Crippen molar-refractivity contribution >= 4 is 16.9 Å². The molecule has 1 N–H and O–H groups in total. The number of hydrogen-bond donors (Lipinski definition) is 1. The van der Waals surface area contributed by atoms with Gasteiger partial charge >= 0.3 is 5.97 Å². The van der Waals surface area contributed by atoms with Gasteiger partial charge in [0.15, 0.2) is 5.69 Å². The highest BCUT2D eigenvalue weighted by Gasteiger charge is 2.15. The Balaban J connectivity index is 0.000000615. The van der Waals surface area contributed by atoms with Crippen LogP contribution in [0.25, 0.3) is 16.6 Å². The van der Waals surface area contributed by atoms with Crippen LogP contribution >= 0.6 is 0 Å². The second-order valence-corrected chi connectivity index (χ2v) is 4.24. The molecule has 0 saturated heterocycles. The van der Waals surface area contributed by atoms with Crippen LogP contribution in [0.4, 0.5) is 0 Å². The Bertz CT molecular complexity index is 774. The molecule has 0 amide bonds. The van der Waals surface area contributed by atoms with E-state index in [9.17, 15) is 9.90 Å². The zero-order chi connectivity index (χ0) is 17.4. The fourth-order valence-corrected chi connectivity index (χ4v) is 2.11. The van der Waals surface area contributed by atoms with Gasteiger partial charge in [0.2, 0.25) is 0 Å². The number of aromatic carboxylic acids is 1. The molecule has 0 aliphatic rings. The van der Waals surface area contributed by atoms with Crippen LogP contribution in [0.15, 0.2) is 42.6 Å². The quantitative estimate of drug-likeness (QED) is 0.757. The monoisotopic (exact) mass is 313 g/mol. The standard InChI is InChI=1S/C14H11N3O2.2C2H6/c1-9-8-13(14(18)19)17(16-9)12-6-2-5-11-10(12)4-3-7-15-11;2*1-2/h2-8H,1H3,(H,18,19);2*1-2H3. The molecule has 0 aliphatic carbocycles. The van der Waals surface area contributed by atoms with Gasteiger partial charge in [0.05, 0.1) is 16.9 Å². The van der Waals surface area contributed by atoms with Gasteiger partial charge in [0, 0.05) is 11.6 Å². The van der Waals surface area contributed by atoms with Gasteiger partial charge in [-0.25, -0.2) is 9.48 Å². The molecule has 2 heterocycles. The molecule has 2 aromatic heterocycles. The van der Waals surface area contributed by atoms with Gasteiger partial charge in [0.1, 0.15) is 0 Å². The lowest BCUT2D eigenvalue weighted by molar-refractivity contribution is 0.0687. The summed E-state index contributed by atoms with van der Waals surface area (Å²) in [5.74, 6) is -0.999. The molecule has 0 saturated carbocycles. The summed E-state index contributed by atoms with van der Waals surface area (Å²) in [6, 6.07) is 10.8. The number of carboxylic acid groups (broad SMARTS) is 1. The molecule has 0 radical (unpaired) electrons. The molecule has 5 heteroatoms. The third-order valence-corrected chi connectivity index (χ3v) is 2.90.